The van der Waals surface area contributed by atoms with Gasteiger partial charge in [0.25, 0.3) is 11.8 Å². The molecule has 1 saturated heterocycles. The number of aryl methyl sites for hydroxylation is 2. The van der Waals surface area contributed by atoms with E-state index in [1.54, 1.807) is 36.4 Å². The van der Waals surface area contributed by atoms with Gasteiger partial charge in [0.2, 0.25) is 0 Å². The second-order valence-corrected chi connectivity index (χ2v) is 9.96. The maximum absolute atomic E-state index is 13.2. The van der Waals surface area contributed by atoms with Crippen molar-refractivity contribution in [2.75, 3.05) is 24.7 Å². The first-order valence-electron chi connectivity index (χ1n) is 12.1. The number of halogens is 2. The molecule has 3 aromatic carbocycles. The first-order chi connectivity index (χ1) is 18.7. The van der Waals surface area contributed by atoms with E-state index in [1.165, 1.54) is 11.6 Å². The molecule has 0 spiro atoms. The maximum Gasteiger partial charge on any atom is 0.335 e. The maximum atomic E-state index is 13.2. The van der Waals surface area contributed by atoms with Crippen molar-refractivity contribution in [2.24, 2.45) is 0 Å². The number of rotatable bonds is 9. The zero-order valence-electron chi connectivity index (χ0n) is 21.5. The number of hydrogen-bond donors (Lipinski definition) is 1. The van der Waals surface area contributed by atoms with Crippen LogP contribution >= 0.6 is 27.5 Å². The molecule has 1 heterocycles. The Morgan fingerprint density at radius 3 is 2.33 bits per heavy atom. The number of nitrogens with zero attached hydrogens (tertiary/aromatic N) is 1. The highest BCUT2D eigenvalue weighted by Gasteiger charge is 2.36. The van der Waals surface area contributed by atoms with Crippen LogP contribution < -0.4 is 24.4 Å². The van der Waals surface area contributed by atoms with Crippen molar-refractivity contribution in [3.8, 4) is 17.2 Å². The third-order valence-electron chi connectivity index (χ3n) is 5.91. The lowest BCUT2D eigenvalue weighted by atomic mass is 10.1. The molecule has 202 valence electrons. The van der Waals surface area contributed by atoms with Gasteiger partial charge in [-0.1, -0.05) is 33.6 Å². The minimum absolute atomic E-state index is 0.207. The van der Waals surface area contributed by atoms with Gasteiger partial charge in [-0.05, 0) is 92.1 Å². The molecule has 8 nitrogen and oxygen atoms in total. The van der Waals surface area contributed by atoms with Crippen molar-refractivity contribution in [3.63, 3.8) is 0 Å². The number of nitrogens with one attached hydrogen (secondary N) is 1. The standard InChI is InChI=1S/C29H26BrClN2O6/c1-4-37-25-16-19(15-24(31)26(25)39-12-11-38-22-10-5-17(2)18(3)13-22)14-23-27(34)32-29(36)33(28(23)35)21-8-6-20(30)7-9-21/h5-10,13-16H,4,11-12H2,1-3H3,(H,32,34,36). The van der Waals surface area contributed by atoms with Gasteiger partial charge in [0.15, 0.2) is 11.5 Å². The van der Waals surface area contributed by atoms with Crippen molar-refractivity contribution < 1.29 is 28.6 Å². The highest BCUT2D eigenvalue weighted by molar-refractivity contribution is 9.10. The number of anilines is 1. The zero-order valence-corrected chi connectivity index (χ0v) is 23.9. The Morgan fingerprint density at radius 1 is 0.923 bits per heavy atom. The fourth-order valence-corrected chi connectivity index (χ4v) is 4.37. The van der Waals surface area contributed by atoms with Gasteiger partial charge in [0.1, 0.15) is 24.5 Å². The monoisotopic (exact) mass is 612 g/mol. The van der Waals surface area contributed by atoms with E-state index in [0.717, 1.165) is 20.7 Å². The minimum Gasteiger partial charge on any atom is -0.490 e. The second-order valence-electron chi connectivity index (χ2n) is 8.64. The average molecular weight is 614 g/mol. The molecule has 4 amide bonds. The van der Waals surface area contributed by atoms with Gasteiger partial charge < -0.3 is 14.2 Å². The smallest absolute Gasteiger partial charge is 0.335 e. The first kappa shape index (κ1) is 28.2. The number of amides is 4. The van der Waals surface area contributed by atoms with E-state index in [0.29, 0.717) is 29.4 Å². The van der Waals surface area contributed by atoms with E-state index in [2.05, 4.69) is 21.2 Å². The van der Waals surface area contributed by atoms with Crippen molar-refractivity contribution >= 4 is 57.1 Å². The summed E-state index contributed by atoms with van der Waals surface area (Å²) in [5, 5.41) is 2.43. The van der Waals surface area contributed by atoms with E-state index < -0.39 is 17.8 Å². The van der Waals surface area contributed by atoms with E-state index in [-0.39, 0.29) is 23.8 Å². The molecule has 0 atom stereocenters. The Labute approximate surface area is 239 Å². The number of ether oxygens (including phenoxy) is 3. The van der Waals surface area contributed by atoms with Crippen LogP contribution in [-0.2, 0) is 9.59 Å². The number of hydrogen-bond acceptors (Lipinski definition) is 6. The van der Waals surface area contributed by atoms with Crippen LogP contribution in [0, 0.1) is 13.8 Å². The van der Waals surface area contributed by atoms with Gasteiger partial charge in [0.05, 0.1) is 17.3 Å². The molecule has 0 bridgehead atoms. The lowest BCUT2D eigenvalue weighted by Crippen LogP contribution is -2.54. The third kappa shape index (κ3) is 6.61. The molecular weight excluding hydrogens is 588 g/mol. The van der Waals surface area contributed by atoms with Crippen LogP contribution in [0.15, 0.2) is 64.6 Å². The summed E-state index contributed by atoms with van der Waals surface area (Å²) >= 11 is 9.85. The fourth-order valence-electron chi connectivity index (χ4n) is 3.83. The highest BCUT2D eigenvalue weighted by atomic mass is 79.9. The van der Waals surface area contributed by atoms with Crippen molar-refractivity contribution in [1.82, 2.24) is 5.32 Å². The molecular formula is C29H26BrClN2O6. The van der Waals surface area contributed by atoms with Crippen LogP contribution in [0.3, 0.4) is 0 Å². The average Bonchev–Trinajstić information content (AvgIpc) is 2.89. The summed E-state index contributed by atoms with van der Waals surface area (Å²) in [5.74, 6) is -0.172. The molecule has 0 aliphatic carbocycles. The Hall–Kier alpha value is -3.82. The predicted molar refractivity (Wildman–Crippen MR) is 153 cm³/mol. The van der Waals surface area contributed by atoms with Crippen molar-refractivity contribution in [3.05, 3.63) is 86.4 Å². The molecule has 1 fully saturated rings. The minimum atomic E-state index is -0.829. The summed E-state index contributed by atoms with van der Waals surface area (Å²) in [6.07, 6.45) is 1.36. The van der Waals surface area contributed by atoms with Crippen LogP contribution in [0.1, 0.15) is 23.6 Å². The van der Waals surface area contributed by atoms with Gasteiger partial charge in [-0.3, -0.25) is 14.9 Å². The van der Waals surface area contributed by atoms with Crippen LogP contribution in [0.25, 0.3) is 6.08 Å². The molecule has 0 unspecified atom stereocenters. The van der Waals surface area contributed by atoms with Gasteiger partial charge >= 0.3 is 6.03 Å². The Balaban J connectivity index is 1.54. The van der Waals surface area contributed by atoms with Gasteiger partial charge in [-0.15, -0.1) is 0 Å². The Kier molecular flexibility index (Phi) is 8.93. The lowest BCUT2D eigenvalue weighted by molar-refractivity contribution is -0.122. The van der Waals surface area contributed by atoms with Crippen LogP contribution in [0.5, 0.6) is 17.2 Å². The molecule has 10 heteroatoms. The summed E-state index contributed by atoms with van der Waals surface area (Å²) in [6, 6.07) is 14.8. The van der Waals surface area contributed by atoms with Crippen molar-refractivity contribution in [1.29, 1.82) is 0 Å². The topological polar surface area (TPSA) is 94.2 Å². The van der Waals surface area contributed by atoms with Crippen LogP contribution in [0.2, 0.25) is 5.02 Å². The largest absolute Gasteiger partial charge is 0.490 e. The van der Waals surface area contributed by atoms with Crippen LogP contribution in [-0.4, -0.2) is 37.7 Å². The lowest BCUT2D eigenvalue weighted by Gasteiger charge is -2.26. The Bertz CT molecular complexity index is 1450. The quantitative estimate of drug-likeness (QED) is 0.174. The normalized spacial score (nSPS) is 14.4. The van der Waals surface area contributed by atoms with Gasteiger partial charge in [-0.2, -0.15) is 0 Å². The Morgan fingerprint density at radius 2 is 1.64 bits per heavy atom. The third-order valence-corrected chi connectivity index (χ3v) is 6.72. The number of benzene rings is 3. The molecule has 1 N–H and O–H groups in total. The molecule has 39 heavy (non-hydrogen) atoms. The summed E-state index contributed by atoms with van der Waals surface area (Å²) in [7, 11) is 0. The molecule has 4 rings (SSSR count). The molecule has 1 aliphatic heterocycles. The summed E-state index contributed by atoms with van der Waals surface area (Å²) < 4.78 is 18.2. The summed E-state index contributed by atoms with van der Waals surface area (Å²) in [5.41, 5.74) is 2.83. The van der Waals surface area contributed by atoms with E-state index in [9.17, 15) is 14.4 Å². The number of carbonyl (C=O) groups excluding carboxylic acids is 3. The number of urea groups is 1. The molecule has 1 aliphatic rings. The highest BCUT2D eigenvalue weighted by Crippen LogP contribution is 2.37. The van der Waals surface area contributed by atoms with E-state index >= 15 is 0 Å². The number of carbonyl (C=O) groups is 3. The van der Waals surface area contributed by atoms with Gasteiger partial charge in [-0.25, -0.2) is 9.69 Å². The summed E-state index contributed by atoms with van der Waals surface area (Å²) in [6.45, 7) is 6.68. The summed E-state index contributed by atoms with van der Waals surface area (Å²) in [4.78, 5) is 39.1. The molecule has 0 aromatic heterocycles. The first-order valence-corrected chi connectivity index (χ1v) is 13.3. The zero-order chi connectivity index (χ0) is 28.1. The molecule has 3 aromatic rings. The second kappa shape index (κ2) is 12.4. The number of imide groups is 2. The van der Waals surface area contributed by atoms with Crippen LogP contribution in [0.4, 0.5) is 10.5 Å². The van der Waals surface area contributed by atoms with E-state index in [4.69, 9.17) is 25.8 Å². The molecule has 0 radical (unpaired) electrons. The SMILES string of the molecule is CCOc1cc(C=C2C(=O)NC(=O)N(c3ccc(Br)cc3)C2=O)cc(Cl)c1OCCOc1ccc(C)c(C)c1. The molecule has 0 saturated carbocycles. The van der Waals surface area contributed by atoms with E-state index in [1.807, 2.05) is 39.0 Å². The fraction of sp³-hybridized carbons (Fsp3) is 0.207. The predicted octanol–water partition coefficient (Wildman–Crippen LogP) is 6.24. The van der Waals surface area contributed by atoms with Gasteiger partial charge in [0, 0.05) is 4.47 Å². The number of barbiturate groups is 1. The van der Waals surface area contributed by atoms with Crippen molar-refractivity contribution in [2.45, 2.75) is 20.8 Å².